The van der Waals surface area contributed by atoms with E-state index in [-0.39, 0.29) is 11.5 Å². The summed E-state index contributed by atoms with van der Waals surface area (Å²) < 4.78 is 6.87. The highest BCUT2D eigenvalue weighted by Crippen LogP contribution is 2.32. The van der Waals surface area contributed by atoms with Gasteiger partial charge in [-0.2, -0.15) is 0 Å². The molecule has 1 N–H and O–H groups in total. The maximum atomic E-state index is 12.0. The van der Waals surface area contributed by atoms with Gasteiger partial charge >= 0.3 is 5.97 Å². The standard InChI is InChI=1S/C14H13NO4/c1-8-12-9(4-2-5-10(12)16)15(13(8)14(17)18)11-6-3-7-19-11/h3,6-7H,2,4-5H2,1H3,(H,17,18). The number of nitrogens with zero attached hydrogens (tertiary/aromatic N) is 1. The molecular weight excluding hydrogens is 246 g/mol. The van der Waals surface area contributed by atoms with E-state index in [4.69, 9.17) is 4.42 Å². The normalized spacial score (nSPS) is 14.5. The van der Waals surface area contributed by atoms with Gasteiger partial charge in [-0.05, 0) is 31.4 Å². The SMILES string of the molecule is Cc1c2c(n(-c3ccco3)c1C(=O)O)CCCC2=O. The Hall–Kier alpha value is -2.30. The molecule has 0 saturated heterocycles. The van der Waals surface area contributed by atoms with E-state index in [0.29, 0.717) is 29.9 Å². The van der Waals surface area contributed by atoms with Crippen molar-refractivity contribution in [1.29, 1.82) is 0 Å². The van der Waals surface area contributed by atoms with Crippen LogP contribution in [0, 0.1) is 6.92 Å². The average Bonchev–Trinajstić information content (AvgIpc) is 2.95. The number of aromatic carboxylic acids is 1. The summed E-state index contributed by atoms with van der Waals surface area (Å²) in [5.74, 6) is -0.584. The molecule has 19 heavy (non-hydrogen) atoms. The van der Waals surface area contributed by atoms with E-state index in [1.165, 1.54) is 6.26 Å². The van der Waals surface area contributed by atoms with Crippen molar-refractivity contribution < 1.29 is 19.1 Å². The number of Topliss-reactive ketones (excluding diaryl/α,β-unsaturated/α-hetero) is 1. The van der Waals surface area contributed by atoms with E-state index in [0.717, 1.165) is 12.1 Å². The van der Waals surface area contributed by atoms with Crippen LogP contribution in [-0.2, 0) is 6.42 Å². The Bertz CT molecular complexity index is 664. The first-order valence-corrected chi connectivity index (χ1v) is 6.15. The molecule has 98 valence electrons. The molecule has 2 aromatic rings. The molecule has 5 heteroatoms. The molecule has 0 radical (unpaired) electrons. The number of carboxylic acid groups (broad SMARTS) is 1. The number of aromatic nitrogens is 1. The summed E-state index contributed by atoms with van der Waals surface area (Å²) in [5, 5.41) is 9.41. The molecule has 2 heterocycles. The number of fused-ring (bicyclic) bond motifs is 1. The zero-order valence-corrected chi connectivity index (χ0v) is 10.5. The van der Waals surface area contributed by atoms with E-state index >= 15 is 0 Å². The summed E-state index contributed by atoms with van der Waals surface area (Å²) in [6.45, 7) is 1.69. The van der Waals surface area contributed by atoms with Crippen LogP contribution in [0.5, 0.6) is 0 Å². The highest BCUT2D eigenvalue weighted by Gasteiger charge is 2.31. The number of rotatable bonds is 2. The lowest BCUT2D eigenvalue weighted by Crippen LogP contribution is -2.13. The van der Waals surface area contributed by atoms with E-state index in [1.807, 2.05) is 0 Å². The van der Waals surface area contributed by atoms with E-state index in [2.05, 4.69) is 0 Å². The van der Waals surface area contributed by atoms with Crippen molar-refractivity contribution in [3.8, 4) is 5.88 Å². The zero-order chi connectivity index (χ0) is 13.6. The molecule has 0 fully saturated rings. The minimum absolute atomic E-state index is 0.0200. The maximum Gasteiger partial charge on any atom is 0.353 e. The first kappa shape index (κ1) is 11.8. The first-order valence-electron chi connectivity index (χ1n) is 6.15. The molecule has 0 saturated carbocycles. The molecule has 1 aliphatic carbocycles. The van der Waals surface area contributed by atoms with Crippen LogP contribution in [-0.4, -0.2) is 21.4 Å². The Labute approximate surface area is 109 Å². The Balaban J connectivity index is 2.36. The molecule has 0 unspecified atom stereocenters. The molecule has 0 amide bonds. The van der Waals surface area contributed by atoms with Crippen molar-refractivity contribution in [1.82, 2.24) is 4.57 Å². The topological polar surface area (TPSA) is 72.4 Å². The summed E-state index contributed by atoms with van der Waals surface area (Å²) in [7, 11) is 0. The molecule has 0 aliphatic heterocycles. The minimum Gasteiger partial charge on any atom is -0.477 e. The highest BCUT2D eigenvalue weighted by molar-refractivity contribution is 6.03. The summed E-state index contributed by atoms with van der Waals surface area (Å²) in [5.41, 5.74) is 1.96. The lowest BCUT2D eigenvalue weighted by Gasteiger charge is -2.13. The number of ketones is 1. The third kappa shape index (κ3) is 1.62. The Kier molecular flexibility index (Phi) is 2.55. The second-order valence-corrected chi connectivity index (χ2v) is 4.66. The summed E-state index contributed by atoms with van der Waals surface area (Å²) in [6, 6.07) is 3.40. The summed E-state index contributed by atoms with van der Waals surface area (Å²) >= 11 is 0. The lowest BCUT2D eigenvalue weighted by molar-refractivity contribution is 0.0686. The third-order valence-electron chi connectivity index (χ3n) is 3.54. The van der Waals surface area contributed by atoms with Crippen LogP contribution in [0.1, 0.15) is 44.9 Å². The molecule has 0 spiro atoms. The molecule has 5 nitrogen and oxygen atoms in total. The summed E-state index contributed by atoms with van der Waals surface area (Å²) in [6.07, 6.45) is 3.41. The molecule has 0 atom stereocenters. The van der Waals surface area contributed by atoms with Gasteiger partial charge in [0.25, 0.3) is 0 Å². The van der Waals surface area contributed by atoms with E-state index in [9.17, 15) is 14.7 Å². The first-order chi connectivity index (χ1) is 9.11. The number of furan rings is 1. The van der Waals surface area contributed by atoms with Gasteiger partial charge in [-0.3, -0.25) is 9.36 Å². The molecule has 3 rings (SSSR count). The molecule has 1 aliphatic rings. The van der Waals surface area contributed by atoms with E-state index in [1.54, 1.807) is 23.6 Å². The number of hydrogen-bond acceptors (Lipinski definition) is 3. The van der Waals surface area contributed by atoms with Crippen molar-refractivity contribution >= 4 is 11.8 Å². The Morgan fingerprint density at radius 2 is 2.21 bits per heavy atom. The fourth-order valence-electron chi connectivity index (χ4n) is 2.79. The number of carbonyl (C=O) groups excluding carboxylic acids is 1. The van der Waals surface area contributed by atoms with Gasteiger partial charge in [0.1, 0.15) is 5.69 Å². The predicted molar refractivity (Wildman–Crippen MR) is 67.0 cm³/mol. The number of carboxylic acids is 1. The monoisotopic (exact) mass is 259 g/mol. The van der Waals surface area contributed by atoms with Gasteiger partial charge in [0.15, 0.2) is 5.78 Å². The van der Waals surface area contributed by atoms with E-state index < -0.39 is 5.97 Å². The van der Waals surface area contributed by atoms with Crippen molar-refractivity contribution in [3.63, 3.8) is 0 Å². The van der Waals surface area contributed by atoms with Crippen LogP contribution in [0.3, 0.4) is 0 Å². The number of hydrogen-bond donors (Lipinski definition) is 1. The zero-order valence-electron chi connectivity index (χ0n) is 10.5. The largest absolute Gasteiger partial charge is 0.477 e. The fraction of sp³-hybridized carbons (Fsp3) is 0.286. The van der Waals surface area contributed by atoms with Crippen LogP contribution >= 0.6 is 0 Å². The van der Waals surface area contributed by atoms with Crippen LogP contribution < -0.4 is 0 Å². The van der Waals surface area contributed by atoms with Gasteiger partial charge in [0.05, 0.1) is 6.26 Å². The second kappa shape index (κ2) is 4.12. The maximum absolute atomic E-state index is 12.0. The molecule has 0 aromatic carbocycles. The minimum atomic E-state index is -1.05. The number of carbonyl (C=O) groups is 2. The van der Waals surface area contributed by atoms with Gasteiger partial charge in [0, 0.05) is 23.7 Å². The third-order valence-corrected chi connectivity index (χ3v) is 3.54. The van der Waals surface area contributed by atoms with Crippen molar-refractivity contribution in [3.05, 3.63) is 40.9 Å². The van der Waals surface area contributed by atoms with Gasteiger partial charge in [-0.1, -0.05) is 0 Å². The summed E-state index contributed by atoms with van der Waals surface area (Å²) in [4.78, 5) is 23.5. The van der Waals surface area contributed by atoms with Gasteiger partial charge in [-0.15, -0.1) is 0 Å². The van der Waals surface area contributed by atoms with Gasteiger partial charge in [0.2, 0.25) is 5.88 Å². The molecule has 2 aromatic heterocycles. The fourth-order valence-corrected chi connectivity index (χ4v) is 2.79. The van der Waals surface area contributed by atoms with Gasteiger partial charge in [-0.25, -0.2) is 4.79 Å². The average molecular weight is 259 g/mol. The van der Waals surface area contributed by atoms with Crippen LogP contribution in [0.2, 0.25) is 0 Å². The van der Waals surface area contributed by atoms with Crippen molar-refractivity contribution in [2.75, 3.05) is 0 Å². The van der Waals surface area contributed by atoms with Crippen molar-refractivity contribution in [2.24, 2.45) is 0 Å². The van der Waals surface area contributed by atoms with Gasteiger partial charge < -0.3 is 9.52 Å². The van der Waals surface area contributed by atoms with Crippen LogP contribution in [0.25, 0.3) is 5.88 Å². The lowest BCUT2D eigenvalue weighted by atomic mass is 9.94. The van der Waals surface area contributed by atoms with Crippen LogP contribution in [0.4, 0.5) is 0 Å². The smallest absolute Gasteiger partial charge is 0.353 e. The quantitative estimate of drug-likeness (QED) is 0.899. The Morgan fingerprint density at radius 3 is 2.84 bits per heavy atom. The Morgan fingerprint density at radius 1 is 1.42 bits per heavy atom. The molecule has 0 bridgehead atoms. The predicted octanol–water partition coefficient (Wildman–Crippen LogP) is 2.60. The van der Waals surface area contributed by atoms with Crippen molar-refractivity contribution in [2.45, 2.75) is 26.2 Å². The van der Waals surface area contributed by atoms with Crippen LogP contribution in [0.15, 0.2) is 22.8 Å². The molecular formula is C14H13NO4. The second-order valence-electron chi connectivity index (χ2n) is 4.66. The highest BCUT2D eigenvalue weighted by atomic mass is 16.4.